The number of carbonyl (C=O) groups is 2. The van der Waals surface area contributed by atoms with E-state index in [-0.39, 0.29) is 12.6 Å². The highest BCUT2D eigenvalue weighted by atomic mass is 16.4. The number of nitrogens with one attached hydrogen (secondary N) is 1. The number of rotatable bonds is 6. The number of nitrogens with zero attached hydrogens (tertiary/aromatic N) is 1. The van der Waals surface area contributed by atoms with E-state index >= 15 is 0 Å². The Morgan fingerprint density at radius 2 is 2.00 bits per heavy atom. The maximum absolute atomic E-state index is 11.8. The Hall–Kier alpha value is -1.26. The number of urea groups is 1. The SMILES string of the molecule is CCN(CC(C)C)C(=O)NCC1(C(=O)O)CC1. The zero-order chi connectivity index (χ0) is 13.1. The normalized spacial score (nSPS) is 16.7. The van der Waals surface area contributed by atoms with E-state index in [2.05, 4.69) is 19.2 Å². The van der Waals surface area contributed by atoms with Crippen LogP contribution < -0.4 is 5.32 Å². The van der Waals surface area contributed by atoms with Crippen molar-refractivity contribution < 1.29 is 14.7 Å². The van der Waals surface area contributed by atoms with Gasteiger partial charge in [0.2, 0.25) is 0 Å². The first-order chi connectivity index (χ1) is 7.91. The van der Waals surface area contributed by atoms with E-state index in [4.69, 9.17) is 5.11 Å². The Balaban J connectivity index is 2.40. The van der Waals surface area contributed by atoms with Crippen molar-refractivity contribution in [3.05, 3.63) is 0 Å². The van der Waals surface area contributed by atoms with Crippen molar-refractivity contribution in [1.82, 2.24) is 10.2 Å². The molecule has 0 aromatic carbocycles. The Morgan fingerprint density at radius 3 is 2.35 bits per heavy atom. The van der Waals surface area contributed by atoms with Crippen LogP contribution in [-0.2, 0) is 4.79 Å². The number of carboxylic acids is 1. The second-order valence-corrected chi connectivity index (χ2v) is 5.18. The third-order valence-electron chi connectivity index (χ3n) is 3.14. The molecule has 0 radical (unpaired) electrons. The summed E-state index contributed by atoms with van der Waals surface area (Å²) in [5.74, 6) is -0.389. The minimum Gasteiger partial charge on any atom is -0.481 e. The van der Waals surface area contributed by atoms with Crippen molar-refractivity contribution in [3.8, 4) is 0 Å². The molecule has 1 saturated carbocycles. The molecule has 1 rings (SSSR count). The highest BCUT2D eigenvalue weighted by Gasteiger charge is 2.50. The first-order valence-corrected chi connectivity index (χ1v) is 6.17. The second-order valence-electron chi connectivity index (χ2n) is 5.18. The maximum atomic E-state index is 11.8. The van der Waals surface area contributed by atoms with Crippen LogP contribution in [0.1, 0.15) is 33.6 Å². The Labute approximate surface area is 102 Å². The molecular formula is C12H22N2O3. The molecule has 5 heteroatoms. The smallest absolute Gasteiger partial charge is 0.317 e. The fraction of sp³-hybridized carbons (Fsp3) is 0.833. The average Bonchev–Trinajstić information content (AvgIpc) is 3.03. The van der Waals surface area contributed by atoms with Gasteiger partial charge in [-0.1, -0.05) is 13.8 Å². The molecule has 0 aromatic heterocycles. The fourth-order valence-electron chi connectivity index (χ4n) is 1.77. The van der Waals surface area contributed by atoms with Crippen molar-refractivity contribution >= 4 is 12.0 Å². The van der Waals surface area contributed by atoms with E-state index in [0.29, 0.717) is 31.8 Å². The van der Waals surface area contributed by atoms with Gasteiger partial charge in [0.25, 0.3) is 0 Å². The molecule has 1 aliphatic carbocycles. The summed E-state index contributed by atoms with van der Waals surface area (Å²) < 4.78 is 0. The zero-order valence-corrected chi connectivity index (χ0v) is 10.8. The molecule has 98 valence electrons. The van der Waals surface area contributed by atoms with E-state index in [9.17, 15) is 9.59 Å². The van der Waals surface area contributed by atoms with Crippen molar-refractivity contribution in [2.24, 2.45) is 11.3 Å². The highest BCUT2D eigenvalue weighted by Crippen LogP contribution is 2.45. The van der Waals surface area contributed by atoms with Crippen LogP contribution in [0, 0.1) is 11.3 Å². The molecule has 0 aliphatic heterocycles. The molecule has 0 atom stereocenters. The van der Waals surface area contributed by atoms with Crippen molar-refractivity contribution in [1.29, 1.82) is 0 Å². The van der Waals surface area contributed by atoms with Gasteiger partial charge in [-0.3, -0.25) is 4.79 Å². The second kappa shape index (κ2) is 5.38. The van der Waals surface area contributed by atoms with Gasteiger partial charge in [-0.15, -0.1) is 0 Å². The number of carbonyl (C=O) groups excluding carboxylic acids is 1. The third-order valence-corrected chi connectivity index (χ3v) is 3.14. The van der Waals surface area contributed by atoms with E-state index in [1.807, 2.05) is 6.92 Å². The minimum absolute atomic E-state index is 0.159. The van der Waals surface area contributed by atoms with Crippen LogP contribution in [0.15, 0.2) is 0 Å². The first-order valence-electron chi connectivity index (χ1n) is 6.17. The van der Waals surface area contributed by atoms with E-state index in [1.54, 1.807) is 4.90 Å². The molecule has 0 bridgehead atoms. The largest absolute Gasteiger partial charge is 0.481 e. The van der Waals surface area contributed by atoms with Gasteiger partial charge in [-0.05, 0) is 25.7 Å². The van der Waals surface area contributed by atoms with Gasteiger partial charge in [-0.25, -0.2) is 4.79 Å². The molecule has 17 heavy (non-hydrogen) atoms. The Bertz CT molecular complexity index is 298. The summed E-state index contributed by atoms with van der Waals surface area (Å²) in [5, 5.41) is 11.7. The zero-order valence-electron chi connectivity index (χ0n) is 10.8. The summed E-state index contributed by atoms with van der Waals surface area (Å²) in [4.78, 5) is 24.5. The molecule has 1 aliphatic rings. The van der Waals surface area contributed by atoms with Crippen LogP contribution in [0.25, 0.3) is 0 Å². The summed E-state index contributed by atoms with van der Waals surface area (Å²) in [7, 11) is 0. The molecule has 0 saturated heterocycles. The Kier molecular flexibility index (Phi) is 4.37. The van der Waals surface area contributed by atoms with Crippen LogP contribution in [0.4, 0.5) is 4.79 Å². The molecular weight excluding hydrogens is 220 g/mol. The lowest BCUT2D eigenvalue weighted by molar-refractivity contribution is -0.143. The van der Waals surface area contributed by atoms with Crippen LogP contribution in [0.2, 0.25) is 0 Å². The molecule has 0 aromatic rings. The van der Waals surface area contributed by atoms with E-state index in [0.717, 1.165) is 0 Å². The molecule has 5 nitrogen and oxygen atoms in total. The third kappa shape index (κ3) is 3.61. The summed E-state index contributed by atoms with van der Waals surface area (Å²) in [6.07, 6.45) is 1.33. The van der Waals surface area contributed by atoms with Gasteiger partial charge in [0.15, 0.2) is 0 Å². The van der Waals surface area contributed by atoms with Crippen LogP contribution >= 0.6 is 0 Å². The number of aliphatic carboxylic acids is 1. The average molecular weight is 242 g/mol. The number of amides is 2. The van der Waals surface area contributed by atoms with E-state index < -0.39 is 11.4 Å². The standard InChI is InChI=1S/C12H22N2O3/c1-4-14(7-9(2)3)11(17)13-8-12(5-6-12)10(15)16/h9H,4-8H2,1-3H3,(H,13,17)(H,15,16). The summed E-state index contributed by atoms with van der Waals surface area (Å²) in [6.45, 7) is 7.61. The summed E-state index contributed by atoms with van der Waals surface area (Å²) >= 11 is 0. The van der Waals surface area contributed by atoms with Crippen molar-refractivity contribution in [3.63, 3.8) is 0 Å². The van der Waals surface area contributed by atoms with Gasteiger partial charge < -0.3 is 15.3 Å². The molecule has 0 heterocycles. The van der Waals surface area contributed by atoms with Gasteiger partial charge in [-0.2, -0.15) is 0 Å². The highest BCUT2D eigenvalue weighted by molar-refractivity contribution is 5.80. The van der Waals surface area contributed by atoms with Gasteiger partial charge in [0.1, 0.15) is 0 Å². The molecule has 1 fully saturated rings. The van der Waals surface area contributed by atoms with Crippen molar-refractivity contribution in [2.45, 2.75) is 33.6 Å². The minimum atomic E-state index is -0.801. The van der Waals surface area contributed by atoms with Crippen molar-refractivity contribution in [2.75, 3.05) is 19.6 Å². The predicted molar refractivity (Wildman–Crippen MR) is 64.8 cm³/mol. The first kappa shape index (κ1) is 13.8. The van der Waals surface area contributed by atoms with Gasteiger partial charge in [0.05, 0.1) is 5.41 Å². The number of hydrogen-bond donors (Lipinski definition) is 2. The molecule has 2 N–H and O–H groups in total. The number of hydrogen-bond acceptors (Lipinski definition) is 2. The quantitative estimate of drug-likeness (QED) is 0.742. The van der Waals surface area contributed by atoms with E-state index in [1.165, 1.54) is 0 Å². The Morgan fingerprint density at radius 1 is 1.41 bits per heavy atom. The predicted octanol–water partition coefficient (Wildman–Crippen LogP) is 1.54. The molecule has 2 amide bonds. The topological polar surface area (TPSA) is 69.6 Å². The van der Waals surface area contributed by atoms with Crippen LogP contribution in [0.3, 0.4) is 0 Å². The molecule has 0 spiro atoms. The van der Waals surface area contributed by atoms with Gasteiger partial charge in [0, 0.05) is 19.6 Å². The van der Waals surface area contributed by atoms with Crippen LogP contribution in [0.5, 0.6) is 0 Å². The lowest BCUT2D eigenvalue weighted by atomic mass is 10.1. The lowest BCUT2D eigenvalue weighted by Crippen LogP contribution is -2.44. The van der Waals surface area contributed by atoms with Crippen LogP contribution in [-0.4, -0.2) is 41.6 Å². The summed E-state index contributed by atoms with van der Waals surface area (Å²) in [5.41, 5.74) is -0.688. The lowest BCUT2D eigenvalue weighted by Gasteiger charge is -2.24. The molecule has 0 unspecified atom stereocenters. The maximum Gasteiger partial charge on any atom is 0.317 e. The summed E-state index contributed by atoms with van der Waals surface area (Å²) in [6, 6.07) is -0.159. The number of carboxylic acid groups (broad SMARTS) is 1. The monoisotopic (exact) mass is 242 g/mol. The van der Waals surface area contributed by atoms with Gasteiger partial charge >= 0.3 is 12.0 Å². The fourth-order valence-corrected chi connectivity index (χ4v) is 1.77.